The van der Waals surface area contributed by atoms with Crippen LogP contribution in [0.5, 0.6) is 11.5 Å². The standard InChI is InChI=1S/C26H26N4O6S4/c31-17-9-3-1-7-15(17)27-19(33)11-5-13-29-23(35)21(39-25(29)37)22-24(36)30(26(38)40-22)14-6-12-20(34)28-16-8-2-4-10-18(16)32/h1-4,7-10,25,31-32,37H,5-6,11-14H2,(H,27,33)(H,28,34)/b22-21+. The summed E-state index contributed by atoms with van der Waals surface area (Å²) in [6.45, 7) is 0.457. The first-order chi connectivity index (χ1) is 19.2. The van der Waals surface area contributed by atoms with Crippen LogP contribution in [0.2, 0.25) is 0 Å². The molecule has 0 aliphatic carbocycles. The summed E-state index contributed by atoms with van der Waals surface area (Å²) in [6, 6.07) is 12.8. The van der Waals surface area contributed by atoms with Crippen molar-refractivity contribution in [2.24, 2.45) is 0 Å². The van der Waals surface area contributed by atoms with Crippen LogP contribution < -0.4 is 10.6 Å². The Morgan fingerprint density at radius 1 is 0.850 bits per heavy atom. The molecule has 0 radical (unpaired) electrons. The minimum Gasteiger partial charge on any atom is -0.506 e. The van der Waals surface area contributed by atoms with Gasteiger partial charge in [-0.3, -0.25) is 24.1 Å². The molecule has 40 heavy (non-hydrogen) atoms. The van der Waals surface area contributed by atoms with Gasteiger partial charge in [0.25, 0.3) is 11.8 Å². The highest BCUT2D eigenvalue weighted by atomic mass is 32.2. The number of aromatic hydroxyl groups is 2. The van der Waals surface area contributed by atoms with Crippen LogP contribution >= 0.6 is 48.4 Å². The molecule has 0 spiro atoms. The van der Waals surface area contributed by atoms with Crippen molar-refractivity contribution in [3.63, 3.8) is 0 Å². The Hall–Kier alpha value is -3.20. The first kappa shape index (κ1) is 29.8. The average Bonchev–Trinajstić information content (AvgIpc) is 3.35. The number of amides is 4. The monoisotopic (exact) mass is 618 g/mol. The lowest BCUT2D eigenvalue weighted by Crippen LogP contribution is -2.32. The highest BCUT2D eigenvalue weighted by molar-refractivity contribution is 8.27. The van der Waals surface area contributed by atoms with E-state index in [0.29, 0.717) is 28.5 Å². The van der Waals surface area contributed by atoms with E-state index in [-0.39, 0.29) is 65.0 Å². The van der Waals surface area contributed by atoms with E-state index in [1.807, 2.05) is 0 Å². The number of carbonyl (C=O) groups is 4. The van der Waals surface area contributed by atoms with Crippen LogP contribution in [0.4, 0.5) is 11.4 Å². The van der Waals surface area contributed by atoms with E-state index in [1.165, 1.54) is 21.9 Å². The SMILES string of the molecule is O=C(CCCN1C(=O)/C(=C2\SC(S)N(CCCC(=O)Nc3ccccc3O)C2=O)SC1=S)Nc1ccccc1O. The minimum atomic E-state index is -0.523. The van der Waals surface area contributed by atoms with Gasteiger partial charge in [-0.05, 0) is 37.1 Å². The van der Waals surface area contributed by atoms with Crippen molar-refractivity contribution in [3.05, 3.63) is 58.3 Å². The Labute approximate surface area is 250 Å². The van der Waals surface area contributed by atoms with Gasteiger partial charge in [0.2, 0.25) is 11.8 Å². The van der Waals surface area contributed by atoms with E-state index in [4.69, 9.17) is 12.2 Å². The Kier molecular flexibility index (Phi) is 10.0. The van der Waals surface area contributed by atoms with Gasteiger partial charge in [-0.15, -0.1) is 12.6 Å². The largest absolute Gasteiger partial charge is 0.506 e. The Morgan fingerprint density at radius 3 is 1.93 bits per heavy atom. The molecule has 10 nitrogen and oxygen atoms in total. The fourth-order valence-corrected chi connectivity index (χ4v) is 6.95. The highest BCUT2D eigenvalue weighted by Gasteiger charge is 2.42. The summed E-state index contributed by atoms with van der Waals surface area (Å²) in [5, 5.41) is 24.9. The number of thioether (sulfide) groups is 2. The third-order valence-corrected chi connectivity index (χ3v) is 9.20. The number of carbonyl (C=O) groups excluding carboxylic acids is 4. The first-order valence-corrected chi connectivity index (χ1v) is 14.9. The average molecular weight is 619 g/mol. The van der Waals surface area contributed by atoms with Crippen molar-refractivity contribution in [2.45, 2.75) is 30.4 Å². The van der Waals surface area contributed by atoms with E-state index in [1.54, 1.807) is 36.4 Å². The second-order valence-corrected chi connectivity index (χ2v) is 12.3. The molecule has 4 amide bonds. The molecule has 0 aromatic heterocycles. The minimum absolute atomic E-state index is 0.0323. The second-order valence-electron chi connectivity index (χ2n) is 8.76. The van der Waals surface area contributed by atoms with Crippen LogP contribution in [-0.2, 0) is 19.2 Å². The molecule has 14 heteroatoms. The predicted molar refractivity (Wildman–Crippen MR) is 163 cm³/mol. The summed E-state index contributed by atoms with van der Waals surface area (Å²) in [7, 11) is 0. The third-order valence-electron chi connectivity index (χ3n) is 5.95. The number of hydrogen-bond donors (Lipinski definition) is 5. The second kappa shape index (κ2) is 13.4. The predicted octanol–water partition coefficient (Wildman–Crippen LogP) is 4.10. The van der Waals surface area contributed by atoms with E-state index < -0.39 is 10.6 Å². The lowest BCUT2D eigenvalue weighted by molar-refractivity contribution is -0.126. The van der Waals surface area contributed by atoms with Crippen LogP contribution in [-0.4, -0.2) is 65.8 Å². The summed E-state index contributed by atoms with van der Waals surface area (Å²) in [4.78, 5) is 54.1. The van der Waals surface area contributed by atoms with Gasteiger partial charge >= 0.3 is 0 Å². The molecule has 2 aromatic rings. The maximum atomic E-state index is 13.1. The van der Waals surface area contributed by atoms with Crippen molar-refractivity contribution >= 4 is 87.7 Å². The Bertz CT molecular complexity index is 1380. The zero-order valence-corrected chi connectivity index (χ0v) is 24.4. The Balaban J connectivity index is 1.28. The van der Waals surface area contributed by atoms with Crippen molar-refractivity contribution in [2.75, 3.05) is 23.7 Å². The number of thiol groups is 1. The highest BCUT2D eigenvalue weighted by Crippen LogP contribution is 2.45. The van der Waals surface area contributed by atoms with Gasteiger partial charge in [-0.2, -0.15) is 0 Å². The maximum Gasteiger partial charge on any atom is 0.267 e. The molecule has 1 unspecified atom stereocenters. The summed E-state index contributed by atoms with van der Waals surface area (Å²) >= 11 is 12.1. The molecule has 2 fully saturated rings. The number of thiocarbonyl (C=S) groups is 1. The van der Waals surface area contributed by atoms with Crippen LogP contribution in [0.3, 0.4) is 0 Å². The van der Waals surface area contributed by atoms with Crippen LogP contribution in [0.1, 0.15) is 25.7 Å². The number of hydrogen-bond acceptors (Lipinski definition) is 10. The number of nitrogens with zero attached hydrogens (tertiary/aromatic N) is 2. The quantitative estimate of drug-likeness (QED) is 0.115. The summed E-state index contributed by atoms with van der Waals surface area (Å²) < 4.78 is -0.220. The molecule has 4 rings (SSSR count). The molecule has 1 atom stereocenters. The first-order valence-electron chi connectivity index (χ1n) is 12.2. The van der Waals surface area contributed by atoms with Gasteiger partial charge in [0.15, 0.2) is 0 Å². The molecule has 2 heterocycles. The summed E-state index contributed by atoms with van der Waals surface area (Å²) in [6.07, 6.45) is 0.923. The van der Waals surface area contributed by atoms with Crippen molar-refractivity contribution in [3.8, 4) is 11.5 Å². The normalized spacial score (nSPS) is 18.9. The van der Waals surface area contributed by atoms with E-state index in [2.05, 4.69) is 23.3 Å². The zero-order valence-electron chi connectivity index (χ0n) is 21.0. The molecule has 2 aliphatic heterocycles. The van der Waals surface area contributed by atoms with Crippen molar-refractivity contribution in [1.82, 2.24) is 9.80 Å². The van der Waals surface area contributed by atoms with Crippen LogP contribution in [0, 0.1) is 0 Å². The van der Waals surface area contributed by atoms with Gasteiger partial charge in [0.05, 0.1) is 21.2 Å². The van der Waals surface area contributed by atoms with Crippen molar-refractivity contribution in [1.29, 1.82) is 0 Å². The number of benzene rings is 2. The van der Waals surface area contributed by atoms with Crippen LogP contribution in [0.25, 0.3) is 0 Å². The molecule has 2 aliphatic rings. The van der Waals surface area contributed by atoms with Gasteiger partial charge in [0, 0.05) is 25.9 Å². The summed E-state index contributed by atoms with van der Waals surface area (Å²) in [5.74, 6) is -1.42. The fraction of sp³-hybridized carbons (Fsp3) is 0.269. The topological polar surface area (TPSA) is 139 Å². The van der Waals surface area contributed by atoms with E-state index in [0.717, 1.165) is 23.5 Å². The molecule has 2 saturated heterocycles. The lowest BCUT2D eigenvalue weighted by Gasteiger charge is -2.19. The maximum absolute atomic E-state index is 13.1. The van der Waals surface area contributed by atoms with E-state index >= 15 is 0 Å². The molecule has 2 aromatic carbocycles. The van der Waals surface area contributed by atoms with E-state index in [9.17, 15) is 29.4 Å². The van der Waals surface area contributed by atoms with Crippen molar-refractivity contribution < 1.29 is 29.4 Å². The van der Waals surface area contributed by atoms with Crippen LogP contribution in [0.15, 0.2) is 58.3 Å². The number of anilines is 2. The third kappa shape index (κ3) is 7.11. The zero-order chi connectivity index (χ0) is 28.8. The molecular formula is C26H26N4O6S4. The van der Waals surface area contributed by atoms with Gasteiger partial charge in [0.1, 0.15) is 20.5 Å². The number of rotatable bonds is 10. The van der Waals surface area contributed by atoms with Gasteiger partial charge in [-0.1, -0.05) is 60.0 Å². The smallest absolute Gasteiger partial charge is 0.267 e. The molecule has 4 N–H and O–H groups in total. The molecule has 210 valence electrons. The number of para-hydroxylation sites is 4. The molecular weight excluding hydrogens is 593 g/mol. The molecule has 0 saturated carbocycles. The number of phenolic OH excluding ortho intramolecular Hbond substituents is 2. The fourth-order valence-electron chi connectivity index (χ4n) is 3.93. The van der Waals surface area contributed by atoms with Gasteiger partial charge < -0.3 is 25.7 Å². The number of phenols is 2. The lowest BCUT2D eigenvalue weighted by atomic mass is 10.2. The summed E-state index contributed by atoms with van der Waals surface area (Å²) in [5.41, 5.74) is 0.620. The Morgan fingerprint density at radius 2 is 1.38 bits per heavy atom. The molecule has 0 bridgehead atoms. The number of nitrogens with one attached hydrogen (secondary N) is 2. The van der Waals surface area contributed by atoms with Gasteiger partial charge in [-0.25, -0.2) is 0 Å².